The second-order valence-electron chi connectivity index (χ2n) is 6.60. The first kappa shape index (κ1) is 17.9. The molecule has 2 heterocycles. The number of hydrogen-bond donors (Lipinski definition) is 1. The number of benzene rings is 1. The highest BCUT2D eigenvalue weighted by molar-refractivity contribution is 6.09. The highest BCUT2D eigenvalue weighted by atomic mass is 16.5. The number of rotatable bonds is 6. The van der Waals surface area contributed by atoms with Gasteiger partial charge in [0.25, 0.3) is 0 Å². The van der Waals surface area contributed by atoms with Gasteiger partial charge in [0, 0.05) is 38.4 Å². The summed E-state index contributed by atoms with van der Waals surface area (Å²) >= 11 is 0. The smallest absolute Gasteiger partial charge is 0.239 e. The van der Waals surface area contributed by atoms with E-state index in [1.807, 2.05) is 24.3 Å². The van der Waals surface area contributed by atoms with Crippen molar-refractivity contribution in [3.63, 3.8) is 0 Å². The quantitative estimate of drug-likeness (QED) is 0.783. The van der Waals surface area contributed by atoms with Crippen molar-refractivity contribution in [3.8, 4) is 0 Å². The topological polar surface area (TPSA) is 61.9 Å². The third kappa shape index (κ3) is 4.38. The molecule has 0 aromatic heterocycles. The van der Waals surface area contributed by atoms with Gasteiger partial charge in [-0.2, -0.15) is 0 Å². The minimum Gasteiger partial charge on any atom is -0.379 e. The predicted molar refractivity (Wildman–Crippen MR) is 96.5 cm³/mol. The van der Waals surface area contributed by atoms with Crippen molar-refractivity contribution in [2.24, 2.45) is 5.92 Å². The van der Waals surface area contributed by atoms with Crippen LogP contribution >= 0.6 is 0 Å². The highest BCUT2D eigenvalue weighted by Gasteiger charge is 2.37. The summed E-state index contributed by atoms with van der Waals surface area (Å²) in [6, 6.07) is 8.02. The summed E-state index contributed by atoms with van der Waals surface area (Å²) in [7, 11) is 0. The van der Waals surface area contributed by atoms with Crippen LogP contribution in [0, 0.1) is 5.92 Å². The SMILES string of the molecule is CCc1ccc(N2CCC(C(=O)NCCN3CCOCC3)C2=O)cc1. The maximum Gasteiger partial charge on any atom is 0.239 e. The number of carbonyl (C=O) groups excluding carboxylic acids is 2. The summed E-state index contributed by atoms with van der Waals surface area (Å²) < 4.78 is 5.31. The lowest BCUT2D eigenvalue weighted by Gasteiger charge is -2.26. The van der Waals surface area contributed by atoms with E-state index in [1.54, 1.807) is 4.90 Å². The van der Waals surface area contributed by atoms with Gasteiger partial charge in [-0.3, -0.25) is 14.5 Å². The van der Waals surface area contributed by atoms with E-state index in [9.17, 15) is 9.59 Å². The zero-order chi connectivity index (χ0) is 17.6. The molecule has 0 spiro atoms. The Bertz CT molecular complexity index is 596. The molecule has 2 aliphatic heterocycles. The van der Waals surface area contributed by atoms with Crippen LogP contribution in [-0.4, -0.2) is 62.7 Å². The van der Waals surface area contributed by atoms with Gasteiger partial charge in [0.2, 0.25) is 11.8 Å². The summed E-state index contributed by atoms with van der Waals surface area (Å²) in [5.74, 6) is -0.797. The van der Waals surface area contributed by atoms with Crippen molar-refractivity contribution < 1.29 is 14.3 Å². The van der Waals surface area contributed by atoms with E-state index in [2.05, 4.69) is 17.1 Å². The number of carbonyl (C=O) groups is 2. The monoisotopic (exact) mass is 345 g/mol. The van der Waals surface area contributed by atoms with Gasteiger partial charge in [-0.15, -0.1) is 0 Å². The van der Waals surface area contributed by atoms with Gasteiger partial charge in [-0.1, -0.05) is 19.1 Å². The highest BCUT2D eigenvalue weighted by Crippen LogP contribution is 2.25. The average Bonchev–Trinajstić information content (AvgIpc) is 3.04. The number of morpholine rings is 1. The Labute approximate surface area is 149 Å². The molecule has 3 rings (SSSR count). The molecule has 1 aromatic carbocycles. The van der Waals surface area contributed by atoms with Crippen LogP contribution in [0.4, 0.5) is 5.69 Å². The summed E-state index contributed by atoms with van der Waals surface area (Å²) in [6.07, 6.45) is 1.56. The van der Waals surface area contributed by atoms with Crippen LogP contribution in [0.5, 0.6) is 0 Å². The number of nitrogens with one attached hydrogen (secondary N) is 1. The van der Waals surface area contributed by atoms with Crippen molar-refractivity contribution in [3.05, 3.63) is 29.8 Å². The fraction of sp³-hybridized carbons (Fsp3) is 0.579. The number of hydrogen-bond acceptors (Lipinski definition) is 4. The molecule has 136 valence electrons. The molecule has 6 heteroatoms. The van der Waals surface area contributed by atoms with Gasteiger partial charge in [0.15, 0.2) is 0 Å². The average molecular weight is 345 g/mol. The van der Waals surface area contributed by atoms with E-state index in [-0.39, 0.29) is 11.8 Å². The van der Waals surface area contributed by atoms with Gasteiger partial charge >= 0.3 is 0 Å². The van der Waals surface area contributed by atoms with E-state index in [1.165, 1.54) is 5.56 Å². The molecule has 0 aliphatic carbocycles. The van der Waals surface area contributed by atoms with Crippen LogP contribution in [-0.2, 0) is 20.7 Å². The molecule has 0 radical (unpaired) electrons. The van der Waals surface area contributed by atoms with Gasteiger partial charge < -0.3 is 15.0 Å². The predicted octanol–water partition coefficient (Wildman–Crippen LogP) is 1.05. The third-order valence-corrected chi connectivity index (χ3v) is 5.01. The zero-order valence-electron chi connectivity index (χ0n) is 14.9. The summed E-state index contributed by atoms with van der Waals surface area (Å²) in [5.41, 5.74) is 2.12. The van der Waals surface area contributed by atoms with E-state index >= 15 is 0 Å². The second kappa shape index (κ2) is 8.45. The molecular weight excluding hydrogens is 318 g/mol. The first-order chi connectivity index (χ1) is 12.2. The number of nitrogens with zero attached hydrogens (tertiary/aromatic N) is 2. The van der Waals surface area contributed by atoms with Crippen LogP contribution < -0.4 is 10.2 Å². The Morgan fingerprint density at radius 1 is 1.20 bits per heavy atom. The van der Waals surface area contributed by atoms with Crippen LogP contribution in [0.25, 0.3) is 0 Å². The summed E-state index contributed by atoms with van der Waals surface area (Å²) in [5, 5.41) is 2.92. The Hall–Kier alpha value is -1.92. The lowest BCUT2D eigenvalue weighted by Crippen LogP contribution is -2.43. The van der Waals surface area contributed by atoms with Crippen LogP contribution in [0.2, 0.25) is 0 Å². The molecule has 0 bridgehead atoms. The van der Waals surface area contributed by atoms with Gasteiger partial charge in [-0.25, -0.2) is 0 Å². The largest absolute Gasteiger partial charge is 0.379 e. The fourth-order valence-corrected chi connectivity index (χ4v) is 3.38. The molecule has 1 N–H and O–H groups in total. The van der Waals surface area contributed by atoms with E-state index < -0.39 is 5.92 Å². The fourth-order valence-electron chi connectivity index (χ4n) is 3.38. The summed E-state index contributed by atoms with van der Waals surface area (Å²) in [6.45, 7) is 7.40. The van der Waals surface area contributed by atoms with Crippen LogP contribution in [0.1, 0.15) is 18.9 Å². The minimum atomic E-state index is -0.560. The van der Waals surface area contributed by atoms with Gasteiger partial charge in [0.1, 0.15) is 5.92 Å². The molecule has 6 nitrogen and oxygen atoms in total. The maximum atomic E-state index is 12.6. The van der Waals surface area contributed by atoms with E-state index in [0.717, 1.165) is 45.0 Å². The second-order valence-corrected chi connectivity index (χ2v) is 6.60. The Morgan fingerprint density at radius 2 is 1.92 bits per heavy atom. The molecule has 2 aliphatic rings. The third-order valence-electron chi connectivity index (χ3n) is 5.01. The first-order valence-electron chi connectivity index (χ1n) is 9.17. The molecule has 1 atom stereocenters. The molecule has 2 saturated heterocycles. The van der Waals surface area contributed by atoms with E-state index in [4.69, 9.17) is 4.74 Å². The maximum absolute atomic E-state index is 12.6. The molecule has 0 saturated carbocycles. The van der Waals surface area contributed by atoms with E-state index in [0.29, 0.717) is 19.5 Å². The Morgan fingerprint density at radius 3 is 2.60 bits per heavy atom. The van der Waals surface area contributed by atoms with Crippen molar-refractivity contribution >= 4 is 17.5 Å². The van der Waals surface area contributed by atoms with Crippen LogP contribution in [0.15, 0.2) is 24.3 Å². The zero-order valence-corrected chi connectivity index (χ0v) is 14.9. The van der Waals surface area contributed by atoms with Gasteiger partial charge in [-0.05, 0) is 30.5 Å². The van der Waals surface area contributed by atoms with Crippen LogP contribution in [0.3, 0.4) is 0 Å². The Balaban J connectivity index is 1.49. The lowest BCUT2D eigenvalue weighted by atomic mass is 10.1. The number of anilines is 1. The molecule has 1 unspecified atom stereocenters. The minimum absolute atomic E-state index is 0.0897. The van der Waals surface area contributed by atoms with Crippen molar-refractivity contribution in [1.29, 1.82) is 0 Å². The standard InChI is InChI=1S/C19H27N3O3/c1-2-15-3-5-16(6-4-15)22-9-7-17(19(22)24)18(23)20-8-10-21-11-13-25-14-12-21/h3-6,17H,2,7-14H2,1H3,(H,20,23). The number of ether oxygens (including phenoxy) is 1. The first-order valence-corrected chi connectivity index (χ1v) is 9.17. The molecular formula is C19H27N3O3. The molecule has 2 amide bonds. The Kier molecular flexibility index (Phi) is 6.04. The number of aryl methyl sites for hydroxylation is 1. The van der Waals surface area contributed by atoms with Crippen molar-refractivity contribution in [1.82, 2.24) is 10.2 Å². The summed E-state index contributed by atoms with van der Waals surface area (Å²) in [4.78, 5) is 29.0. The normalized spacial score (nSPS) is 21.6. The molecule has 2 fully saturated rings. The molecule has 25 heavy (non-hydrogen) atoms. The van der Waals surface area contributed by atoms with Crippen molar-refractivity contribution in [2.75, 3.05) is 50.8 Å². The van der Waals surface area contributed by atoms with Crippen molar-refractivity contribution in [2.45, 2.75) is 19.8 Å². The van der Waals surface area contributed by atoms with Gasteiger partial charge in [0.05, 0.1) is 13.2 Å². The number of amides is 2. The molecule has 1 aromatic rings. The lowest BCUT2D eigenvalue weighted by molar-refractivity contribution is -0.132.